The Bertz CT molecular complexity index is 1470. The van der Waals surface area contributed by atoms with Gasteiger partial charge in [0.05, 0.1) is 30.0 Å². The van der Waals surface area contributed by atoms with Crippen LogP contribution < -0.4 is 4.74 Å². The molecule has 1 atom stereocenters. The molecule has 3 aromatic rings. The Labute approximate surface area is 278 Å². The molecule has 10 heteroatoms. The quantitative estimate of drug-likeness (QED) is 0.126. The highest BCUT2D eigenvalue weighted by Crippen LogP contribution is 2.48. The van der Waals surface area contributed by atoms with Crippen LogP contribution in [0.25, 0.3) is 11.1 Å². The molecule has 0 aromatic heterocycles. The molecule has 0 aliphatic carbocycles. The van der Waals surface area contributed by atoms with E-state index in [1.807, 2.05) is 71.9 Å². The number of rotatable bonds is 14. The molecule has 0 fully saturated rings. The molecule has 0 bridgehead atoms. The van der Waals surface area contributed by atoms with Crippen LogP contribution in [-0.4, -0.2) is 42.5 Å². The summed E-state index contributed by atoms with van der Waals surface area (Å²) in [5, 5.41) is 0. The van der Waals surface area contributed by atoms with Gasteiger partial charge in [-0.3, -0.25) is 0 Å². The van der Waals surface area contributed by atoms with Crippen LogP contribution in [0.15, 0.2) is 77.8 Å². The summed E-state index contributed by atoms with van der Waals surface area (Å²) in [5.41, 5.74) is 1.30. The van der Waals surface area contributed by atoms with Crippen LogP contribution in [0, 0.1) is 0 Å². The summed E-state index contributed by atoms with van der Waals surface area (Å²) in [4.78, 5) is 4.71. The third-order valence-electron chi connectivity index (χ3n) is 7.21. The van der Waals surface area contributed by atoms with Gasteiger partial charge < -0.3 is 23.0 Å². The van der Waals surface area contributed by atoms with Crippen molar-refractivity contribution in [2.75, 3.05) is 19.8 Å². The number of benzene rings is 3. The normalized spacial score (nSPS) is 17.1. The number of hydrogen-bond donors (Lipinski definition) is 0. The fourth-order valence-corrected chi connectivity index (χ4v) is 6.44. The molecule has 0 saturated heterocycles. The van der Waals surface area contributed by atoms with E-state index >= 15 is 0 Å². The molecular weight excluding hydrogens is 626 g/mol. The van der Waals surface area contributed by atoms with Crippen molar-refractivity contribution in [1.29, 1.82) is 0 Å². The molecule has 256 valence electrons. The zero-order chi connectivity index (χ0) is 34.3. The minimum Gasteiger partial charge on any atom is -0.493 e. The summed E-state index contributed by atoms with van der Waals surface area (Å²) in [7, 11) is -1.71. The van der Waals surface area contributed by atoms with Gasteiger partial charge in [0.25, 0.3) is 0 Å². The average molecular weight is 674 g/mol. The van der Waals surface area contributed by atoms with Crippen LogP contribution in [0.3, 0.4) is 0 Å². The molecule has 6 nitrogen and oxygen atoms in total. The summed E-state index contributed by atoms with van der Waals surface area (Å²) < 4.78 is 72.2. The largest absolute Gasteiger partial charge is 0.493 e. The van der Waals surface area contributed by atoms with Gasteiger partial charge in [0.2, 0.25) is 0 Å². The zero-order valence-electron chi connectivity index (χ0n) is 28.4. The molecule has 0 N–H and O–H groups in total. The molecule has 0 amide bonds. The van der Waals surface area contributed by atoms with E-state index in [0.29, 0.717) is 37.1 Å². The molecule has 0 spiro atoms. The second kappa shape index (κ2) is 15.5. The topological polar surface area (TPSA) is 58.5 Å². The smallest absolute Gasteiger partial charge is 0.419 e. The Morgan fingerprint density at radius 3 is 2.09 bits per heavy atom. The van der Waals surface area contributed by atoms with Gasteiger partial charge in [0.1, 0.15) is 17.9 Å². The molecule has 47 heavy (non-hydrogen) atoms. The standard InChI is InChI=1S/C37H47F3NO5P/c1-27-41-36(25-43-27,26-44-47(45-34(2,3)4)46-35(5,6)7)21-20-29-18-19-33(32(24-29)37(38,39)40)42-22-12-14-28-13-11-17-31(23-28)30-15-9-8-10-16-30/h8-11,13,15-19,23-24H,12,14,20-22,25-26H2,1-7H3. The third kappa shape index (κ3) is 11.9. The number of aryl methyl sites for hydroxylation is 2. The van der Waals surface area contributed by atoms with Gasteiger partial charge in [-0.1, -0.05) is 60.7 Å². The predicted molar refractivity (Wildman–Crippen MR) is 182 cm³/mol. The van der Waals surface area contributed by atoms with E-state index in [1.165, 1.54) is 12.1 Å². The highest BCUT2D eigenvalue weighted by Gasteiger charge is 2.39. The lowest BCUT2D eigenvalue weighted by atomic mass is 9.93. The van der Waals surface area contributed by atoms with Crippen molar-refractivity contribution in [1.82, 2.24) is 0 Å². The Morgan fingerprint density at radius 2 is 1.47 bits per heavy atom. The second-order valence-corrected chi connectivity index (χ2v) is 15.0. The van der Waals surface area contributed by atoms with Gasteiger partial charge in [-0.15, -0.1) is 0 Å². The molecule has 0 radical (unpaired) electrons. The third-order valence-corrected chi connectivity index (χ3v) is 8.94. The minimum absolute atomic E-state index is 0.143. The van der Waals surface area contributed by atoms with Crippen LogP contribution >= 0.6 is 8.60 Å². The van der Waals surface area contributed by atoms with E-state index in [1.54, 1.807) is 13.0 Å². The van der Waals surface area contributed by atoms with Crippen LogP contribution in [0.4, 0.5) is 13.2 Å². The molecule has 3 aromatic carbocycles. The summed E-state index contributed by atoms with van der Waals surface area (Å²) in [5.74, 6) is 0.345. The lowest BCUT2D eigenvalue weighted by Gasteiger charge is -2.32. The molecule has 1 aliphatic rings. The van der Waals surface area contributed by atoms with Crippen molar-refractivity contribution in [3.63, 3.8) is 0 Å². The SMILES string of the molecule is CC1=NC(CCc2ccc(OCCCc3cccc(-c4ccccc4)c3)c(C(F)(F)F)c2)(COP(OC(C)(C)C)OC(C)(C)C)CO1. The van der Waals surface area contributed by atoms with E-state index in [-0.39, 0.29) is 25.6 Å². The molecule has 1 aliphatic heterocycles. The van der Waals surface area contributed by atoms with Crippen LogP contribution in [0.5, 0.6) is 5.75 Å². The summed E-state index contributed by atoms with van der Waals surface area (Å²) in [6.45, 7) is 13.9. The van der Waals surface area contributed by atoms with Crippen molar-refractivity contribution >= 4 is 14.5 Å². The first-order valence-electron chi connectivity index (χ1n) is 16.0. The van der Waals surface area contributed by atoms with Gasteiger partial charge in [-0.05, 0) is 102 Å². The number of halogens is 3. The molecular formula is C37H47F3NO5P. The Morgan fingerprint density at radius 1 is 0.809 bits per heavy atom. The van der Waals surface area contributed by atoms with Crippen molar-refractivity contribution in [2.24, 2.45) is 4.99 Å². The van der Waals surface area contributed by atoms with Gasteiger partial charge in [-0.2, -0.15) is 13.2 Å². The van der Waals surface area contributed by atoms with E-state index < -0.39 is 37.1 Å². The number of aliphatic imine (C=N–C) groups is 1. The summed E-state index contributed by atoms with van der Waals surface area (Å²) in [6.07, 6.45) is -2.54. The van der Waals surface area contributed by atoms with Crippen LogP contribution in [0.1, 0.15) is 78.0 Å². The van der Waals surface area contributed by atoms with Gasteiger partial charge in [0.15, 0.2) is 5.90 Å². The van der Waals surface area contributed by atoms with Crippen molar-refractivity contribution in [2.45, 2.75) is 97.1 Å². The average Bonchev–Trinajstić information content (AvgIpc) is 3.36. The minimum atomic E-state index is -4.56. The first-order chi connectivity index (χ1) is 22.0. The van der Waals surface area contributed by atoms with Gasteiger partial charge in [0, 0.05) is 6.92 Å². The lowest BCUT2D eigenvalue weighted by Crippen LogP contribution is -2.35. The summed E-state index contributed by atoms with van der Waals surface area (Å²) >= 11 is 0. The predicted octanol–water partition coefficient (Wildman–Crippen LogP) is 10.4. The Balaban J connectivity index is 1.39. The highest BCUT2D eigenvalue weighted by molar-refractivity contribution is 7.41. The maximum atomic E-state index is 14.2. The molecule has 4 rings (SSSR count). The van der Waals surface area contributed by atoms with Crippen molar-refractivity contribution in [3.8, 4) is 16.9 Å². The molecule has 1 unspecified atom stereocenters. The fraction of sp³-hybridized carbons (Fsp3) is 0.486. The number of hydrogen-bond acceptors (Lipinski definition) is 6. The second-order valence-electron chi connectivity index (χ2n) is 13.9. The van der Waals surface area contributed by atoms with Crippen molar-refractivity contribution < 1.29 is 36.2 Å². The monoisotopic (exact) mass is 673 g/mol. The highest BCUT2D eigenvalue weighted by atomic mass is 31.2. The Hall–Kier alpha value is -2.97. The maximum absolute atomic E-state index is 14.2. The van der Waals surface area contributed by atoms with Crippen molar-refractivity contribution in [3.05, 3.63) is 89.5 Å². The van der Waals surface area contributed by atoms with Crippen LogP contribution in [0.2, 0.25) is 0 Å². The first kappa shape index (κ1) is 36.9. The maximum Gasteiger partial charge on any atom is 0.419 e. The first-order valence-corrected chi connectivity index (χ1v) is 17.1. The number of nitrogens with zero attached hydrogens (tertiary/aromatic N) is 1. The molecule has 1 heterocycles. The van der Waals surface area contributed by atoms with Crippen LogP contribution in [-0.2, 0) is 37.3 Å². The number of ether oxygens (including phenoxy) is 2. The summed E-state index contributed by atoms with van der Waals surface area (Å²) in [6, 6.07) is 22.5. The Kier molecular flexibility index (Phi) is 12.2. The lowest BCUT2D eigenvalue weighted by molar-refractivity contribution is -0.139. The van der Waals surface area contributed by atoms with Gasteiger partial charge in [-0.25, -0.2) is 4.99 Å². The van der Waals surface area contributed by atoms with Gasteiger partial charge >= 0.3 is 14.8 Å². The fourth-order valence-electron chi connectivity index (χ4n) is 5.06. The van der Waals surface area contributed by atoms with E-state index in [4.69, 9.17) is 28.0 Å². The number of alkyl halides is 3. The van der Waals surface area contributed by atoms with E-state index in [9.17, 15) is 13.2 Å². The molecule has 0 saturated carbocycles. The van der Waals surface area contributed by atoms with E-state index in [2.05, 4.69) is 24.3 Å². The zero-order valence-corrected chi connectivity index (χ0v) is 29.3. The van der Waals surface area contributed by atoms with E-state index in [0.717, 1.165) is 16.7 Å².